The van der Waals surface area contributed by atoms with Crippen molar-refractivity contribution in [3.8, 4) is 0 Å². The van der Waals surface area contributed by atoms with E-state index in [2.05, 4.69) is 30.9 Å². The third-order valence-corrected chi connectivity index (χ3v) is 3.32. The van der Waals surface area contributed by atoms with Gasteiger partial charge in [0.25, 0.3) is 0 Å². The molecule has 0 bridgehead atoms. The fourth-order valence-corrected chi connectivity index (χ4v) is 1.99. The van der Waals surface area contributed by atoms with Gasteiger partial charge in [0.1, 0.15) is 0 Å². The molecule has 0 aliphatic rings. The Morgan fingerprint density at radius 3 is 2.30 bits per heavy atom. The molecular formula is C17H28N2O. The second-order valence-electron chi connectivity index (χ2n) is 6.04. The van der Waals surface area contributed by atoms with E-state index in [1.165, 1.54) is 5.56 Å². The number of benzene rings is 1. The van der Waals surface area contributed by atoms with Crippen LogP contribution in [-0.4, -0.2) is 42.9 Å². The summed E-state index contributed by atoms with van der Waals surface area (Å²) in [5, 5.41) is 0. The predicted molar refractivity (Wildman–Crippen MR) is 84.5 cm³/mol. The molecule has 0 N–H and O–H groups in total. The van der Waals surface area contributed by atoms with Crippen LogP contribution in [0.2, 0.25) is 0 Å². The molecule has 0 saturated carbocycles. The molecule has 1 amide bonds. The van der Waals surface area contributed by atoms with Crippen molar-refractivity contribution in [2.75, 3.05) is 27.2 Å². The van der Waals surface area contributed by atoms with Crippen molar-refractivity contribution in [3.63, 3.8) is 0 Å². The highest BCUT2D eigenvalue weighted by molar-refractivity contribution is 5.76. The van der Waals surface area contributed by atoms with Crippen molar-refractivity contribution in [3.05, 3.63) is 35.9 Å². The van der Waals surface area contributed by atoms with E-state index < -0.39 is 0 Å². The maximum atomic E-state index is 12.4. The van der Waals surface area contributed by atoms with E-state index in [9.17, 15) is 4.79 Å². The molecule has 0 saturated heterocycles. The van der Waals surface area contributed by atoms with Crippen molar-refractivity contribution in [2.24, 2.45) is 5.92 Å². The van der Waals surface area contributed by atoms with E-state index in [0.29, 0.717) is 18.9 Å². The smallest absolute Gasteiger partial charge is 0.222 e. The Bertz CT molecular complexity index is 387. The van der Waals surface area contributed by atoms with Gasteiger partial charge in [0, 0.05) is 26.1 Å². The summed E-state index contributed by atoms with van der Waals surface area (Å²) in [6.07, 6.45) is 1.62. The number of rotatable bonds is 8. The van der Waals surface area contributed by atoms with Crippen LogP contribution in [0.5, 0.6) is 0 Å². The first kappa shape index (κ1) is 16.7. The number of carbonyl (C=O) groups excluding carboxylic acids is 1. The minimum Gasteiger partial charge on any atom is -0.337 e. The summed E-state index contributed by atoms with van der Waals surface area (Å²) < 4.78 is 0. The summed E-state index contributed by atoms with van der Waals surface area (Å²) in [7, 11) is 4.08. The molecule has 0 radical (unpaired) electrons. The molecule has 3 heteroatoms. The van der Waals surface area contributed by atoms with Gasteiger partial charge in [-0.3, -0.25) is 4.79 Å². The van der Waals surface area contributed by atoms with Crippen LogP contribution in [0.4, 0.5) is 0 Å². The van der Waals surface area contributed by atoms with Crippen molar-refractivity contribution >= 4 is 5.91 Å². The van der Waals surface area contributed by atoms with Crippen LogP contribution >= 0.6 is 0 Å². The Balaban J connectivity index is 2.61. The van der Waals surface area contributed by atoms with Gasteiger partial charge in [-0.05, 0) is 32.0 Å². The molecule has 0 fully saturated rings. The molecule has 0 spiro atoms. The Morgan fingerprint density at radius 1 is 1.10 bits per heavy atom. The van der Waals surface area contributed by atoms with E-state index in [0.717, 1.165) is 19.5 Å². The van der Waals surface area contributed by atoms with Gasteiger partial charge in [-0.2, -0.15) is 0 Å². The quantitative estimate of drug-likeness (QED) is 0.728. The van der Waals surface area contributed by atoms with E-state index in [-0.39, 0.29) is 5.91 Å². The summed E-state index contributed by atoms with van der Waals surface area (Å²) in [6, 6.07) is 10.2. The van der Waals surface area contributed by atoms with Crippen molar-refractivity contribution in [2.45, 2.75) is 33.2 Å². The molecule has 0 atom stereocenters. The monoisotopic (exact) mass is 276 g/mol. The first-order valence-corrected chi connectivity index (χ1v) is 7.45. The molecule has 3 nitrogen and oxygen atoms in total. The summed E-state index contributed by atoms with van der Waals surface area (Å²) >= 11 is 0. The highest BCUT2D eigenvalue weighted by Gasteiger charge is 2.14. The molecule has 112 valence electrons. The Hall–Kier alpha value is -1.35. The lowest BCUT2D eigenvalue weighted by molar-refractivity contribution is -0.132. The third kappa shape index (κ3) is 6.71. The van der Waals surface area contributed by atoms with E-state index in [1.54, 1.807) is 0 Å². The first-order valence-electron chi connectivity index (χ1n) is 7.45. The van der Waals surface area contributed by atoms with E-state index >= 15 is 0 Å². The molecule has 0 unspecified atom stereocenters. The van der Waals surface area contributed by atoms with E-state index in [4.69, 9.17) is 0 Å². The number of hydrogen-bond acceptors (Lipinski definition) is 2. The zero-order valence-corrected chi connectivity index (χ0v) is 13.3. The van der Waals surface area contributed by atoms with Gasteiger partial charge < -0.3 is 9.80 Å². The van der Waals surface area contributed by atoms with Gasteiger partial charge in [-0.25, -0.2) is 0 Å². The lowest BCUT2D eigenvalue weighted by Crippen LogP contribution is -2.36. The fourth-order valence-electron chi connectivity index (χ4n) is 1.99. The molecule has 0 aliphatic heterocycles. The molecule has 1 aromatic rings. The molecule has 0 aliphatic carbocycles. The second-order valence-corrected chi connectivity index (χ2v) is 6.04. The van der Waals surface area contributed by atoms with Gasteiger partial charge in [0.15, 0.2) is 0 Å². The van der Waals surface area contributed by atoms with Crippen LogP contribution in [0.15, 0.2) is 30.3 Å². The standard InChI is InChI=1S/C17H28N2O/c1-15(2)10-11-17(20)19(13-12-18(3)4)14-16-8-6-5-7-9-16/h5-9,15H,10-14H2,1-4H3. The van der Waals surface area contributed by atoms with Gasteiger partial charge in [-0.15, -0.1) is 0 Å². The molecule has 0 heterocycles. The Labute approximate surface area is 123 Å². The molecule has 20 heavy (non-hydrogen) atoms. The van der Waals surface area contributed by atoms with Crippen molar-refractivity contribution < 1.29 is 4.79 Å². The maximum absolute atomic E-state index is 12.4. The SMILES string of the molecule is CC(C)CCC(=O)N(CCN(C)C)Cc1ccccc1. The van der Waals surface area contributed by atoms with Gasteiger partial charge in [0.2, 0.25) is 5.91 Å². The summed E-state index contributed by atoms with van der Waals surface area (Å²) in [5.74, 6) is 0.843. The lowest BCUT2D eigenvalue weighted by atomic mass is 10.1. The second kappa shape index (κ2) is 8.75. The van der Waals surface area contributed by atoms with Gasteiger partial charge in [-0.1, -0.05) is 44.2 Å². The zero-order valence-electron chi connectivity index (χ0n) is 13.3. The highest BCUT2D eigenvalue weighted by Crippen LogP contribution is 2.10. The molecule has 1 rings (SSSR count). The van der Waals surface area contributed by atoms with Crippen LogP contribution in [0.1, 0.15) is 32.3 Å². The predicted octanol–water partition coefficient (Wildman–Crippen LogP) is 3.01. The Morgan fingerprint density at radius 2 is 1.75 bits per heavy atom. The first-order chi connectivity index (χ1) is 9.49. The highest BCUT2D eigenvalue weighted by atomic mass is 16.2. The van der Waals surface area contributed by atoms with Crippen LogP contribution in [0.25, 0.3) is 0 Å². The average Bonchev–Trinajstić information content (AvgIpc) is 2.41. The largest absolute Gasteiger partial charge is 0.337 e. The Kier molecular flexibility index (Phi) is 7.31. The number of amides is 1. The number of likely N-dealkylation sites (N-methyl/N-ethyl adjacent to an activating group) is 1. The maximum Gasteiger partial charge on any atom is 0.222 e. The van der Waals surface area contributed by atoms with Crippen LogP contribution in [-0.2, 0) is 11.3 Å². The molecule has 0 aromatic heterocycles. The summed E-state index contributed by atoms with van der Waals surface area (Å²) in [6.45, 7) is 6.73. The minimum atomic E-state index is 0.268. The average molecular weight is 276 g/mol. The van der Waals surface area contributed by atoms with Gasteiger partial charge in [0.05, 0.1) is 0 Å². The van der Waals surface area contributed by atoms with Gasteiger partial charge >= 0.3 is 0 Å². The number of nitrogens with zero attached hydrogens (tertiary/aromatic N) is 2. The lowest BCUT2D eigenvalue weighted by Gasteiger charge is -2.25. The topological polar surface area (TPSA) is 23.6 Å². The van der Waals surface area contributed by atoms with Crippen LogP contribution < -0.4 is 0 Å². The normalized spacial score (nSPS) is 11.1. The molecule has 1 aromatic carbocycles. The summed E-state index contributed by atoms with van der Waals surface area (Å²) in [4.78, 5) is 16.5. The van der Waals surface area contributed by atoms with Crippen LogP contribution in [0, 0.1) is 5.92 Å². The molecular weight excluding hydrogens is 248 g/mol. The minimum absolute atomic E-state index is 0.268. The number of carbonyl (C=O) groups is 1. The zero-order chi connectivity index (χ0) is 15.0. The van der Waals surface area contributed by atoms with Crippen LogP contribution in [0.3, 0.4) is 0 Å². The van der Waals surface area contributed by atoms with Crippen molar-refractivity contribution in [1.29, 1.82) is 0 Å². The third-order valence-electron chi connectivity index (χ3n) is 3.32. The van der Waals surface area contributed by atoms with Crippen molar-refractivity contribution in [1.82, 2.24) is 9.80 Å². The summed E-state index contributed by atoms with van der Waals surface area (Å²) in [5.41, 5.74) is 1.20. The van der Waals surface area contributed by atoms with E-state index in [1.807, 2.05) is 37.2 Å². The fraction of sp³-hybridized carbons (Fsp3) is 0.588. The number of hydrogen-bond donors (Lipinski definition) is 0.